The van der Waals surface area contributed by atoms with Crippen LogP contribution in [0, 0.1) is 0 Å². The van der Waals surface area contributed by atoms with Gasteiger partial charge >= 0.3 is 5.97 Å². The van der Waals surface area contributed by atoms with Gasteiger partial charge in [-0.2, -0.15) is 0 Å². The van der Waals surface area contributed by atoms with Crippen molar-refractivity contribution in [3.8, 4) is 0 Å². The Morgan fingerprint density at radius 2 is 2.00 bits per heavy atom. The topological polar surface area (TPSA) is 66.0 Å². The second kappa shape index (κ2) is 5.32. The lowest BCUT2D eigenvalue weighted by atomic mass is 10.1. The van der Waals surface area contributed by atoms with Gasteiger partial charge in [0.1, 0.15) is 5.82 Å². The van der Waals surface area contributed by atoms with Crippen LogP contribution in [0.15, 0.2) is 36.7 Å². The van der Waals surface area contributed by atoms with E-state index in [-0.39, 0.29) is 12.4 Å². The third-order valence-electron chi connectivity index (χ3n) is 2.13. The predicted octanol–water partition coefficient (Wildman–Crippen LogP) is 2.12. The molecule has 0 aliphatic heterocycles. The number of halogens is 1. The summed E-state index contributed by atoms with van der Waals surface area (Å²) >= 11 is 0. The van der Waals surface area contributed by atoms with Crippen LogP contribution in [0.1, 0.15) is 21.7 Å². The highest BCUT2D eigenvalue weighted by molar-refractivity contribution is 5.87. The Balaban J connectivity index is 0.00000128. The van der Waals surface area contributed by atoms with Crippen LogP contribution in [-0.4, -0.2) is 21.0 Å². The molecule has 2 rings (SSSR count). The highest BCUT2D eigenvalue weighted by atomic mass is 35.5. The number of carboxylic acid groups (broad SMARTS) is 1. The number of hydrogen-bond acceptors (Lipinski definition) is 2. The van der Waals surface area contributed by atoms with Crippen LogP contribution in [0.25, 0.3) is 0 Å². The molecule has 5 heteroatoms. The smallest absolute Gasteiger partial charge is 0.335 e. The molecule has 0 bridgehead atoms. The molecule has 0 spiro atoms. The third kappa shape index (κ3) is 2.84. The molecule has 0 aliphatic rings. The SMILES string of the molecule is Cl.O=C(O)c1ccc(Cc2ncc[nH]2)cc1. The van der Waals surface area contributed by atoms with E-state index >= 15 is 0 Å². The molecule has 2 N–H and O–H groups in total. The number of nitrogens with zero attached hydrogens (tertiary/aromatic N) is 1. The fourth-order valence-electron chi connectivity index (χ4n) is 1.35. The standard InChI is InChI=1S/C11H10N2O2.ClH/c14-11(15)9-3-1-8(2-4-9)7-10-12-5-6-13-10;/h1-6H,7H2,(H,12,13)(H,14,15);1H. The molecule has 0 aliphatic carbocycles. The summed E-state index contributed by atoms with van der Waals surface area (Å²) in [5, 5.41) is 8.71. The van der Waals surface area contributed by atoms with E-state index in [0.717, 1.165) is 11.4 Å². The number of hydrogen-bond donors (Lipinski definition) is 2. The van der Waals surface area contributed by atoms with Crippen molar-refractivity contribution in [3.05, 3.63) is 53.6 Å². The first-order chi connectivity index (χ1) is 7.25. The molecule has 0 unspecified atom stereocenters. The minimum Gasteiger partial charge on any atom is -0.478 e. The highest BCUT2D eigenvalue weighted by Crippen LogP contribution is 2.07. The van der Waals surface area contributed by atoms with Crippen molar-refractivity contribution in [2.75, 3.05) is 0 Å². The molecule has 0 fully saturated rings. The summed E-state index contributed by atoms with van der Waals surface area (Å²) in [6, 6.07) is 6.79. The number of carbonyl (C=O) groups is 1. The Hall–Kier alpha value is -1.81. The van der Waals surface area contributed by atoms with Gasteiger partial charge in [-0.3, -0.25) is 0 Å². The van der Waals surface area contributed by atoms with E-state index in [2.05, 4.69) is 9.97 Å². The first-order valence-corrected chi connectivity index (χ1v) is 4.56. The van der Waals surface area contributed by atoms with E-state index < -0.39 is 5.97 Å². The summed E-state index contributed by atoms with van der Waals surface area (Å²) in [5.41, 5.74) is 1.34. The molecule has 2 aromatic rings. The maximum Gasteiger partial charge on any atom is 0.335 e. The number of nitrogens with one attached hydrogen (secondary N) is 1. The van der Waals surface area contributed by atoms with Crippen molar-refractivity contribution in [2.24, 2.45) is 0 Å². The molecule has 1 heterocycles. The van der Waals surface area contributed by atoms with Gasteiger partial charge in [0.2, 0.25) is 0 Å². The van der Waals surface area contributed by atoms with Crippen LogP contribution in [0.4, 0.5) is 0 Å². The largest absolute Gasteiger partial charge is 0.478 e. The summed E-state index contributed by atoms with van der Waals surface area (Å²) in [5.74, 6) is -0.0300. The quantitative estimate of drug-likeness (QED) is 0.861. The molecule has 16 heavy (non-hydrogen) atoms. The lowest BCUT2D eigenvalue weighted by Crippen LogP contribution is -1.97. The van der Waals surface area contributed by atoms with Crippen molar-refractivity contribution < 1.29 is 9.90 Å². The predicted molar refractivity (Wildman–Crippen MR) is 62.0 cm³/mol. The minimum atomic E-state index is -0.903. The Bertz CT molecular complexity index is 451. The van der Waals surface area contributed by atoms with Crippen LogP contribution >= 0.6 is 12.4 Å². The summed E-state index contributed by atoms with van der Waals surface area (Å²) in [7, 11) is 0. The van der Waals surface area contributed by atoms with Crippen LogP contribution in [0.2, 0.25) is 0 Å². The lowest BCUT2D eigenvalue weighted by Gasteiger charge is -1.99. The molecule has 4 nitrogen and oxygen atoms in total. The van der Waals surface area contributed by atoms with Gasteiger partial charge in [0, 0.05) is 18.8 Å². The maximum atomic E-state index is 10.6. The molecular formula is C11H11ClN2O2. The highest BCUT2D eigenvalue weighted by Gasteiger charge is 2.02. The number of aromatic carboxylic acids is 1. The number of H-pyrrole nitrogens is 1. The fraction of sp³-hybridized carbons (Fsp3) is 0.0909. The minimum absolute atomic E-state index is 0. The first kappa shape index (κ1) is 12.3. The normalized spacial score (nSPS) is 9.50. The number of rotatable bonds is 3. The number of aromatic nitrogens is 2. The summed E-state index contributed by atoms with van der Waals surface area (Å²) in [6.45, 7) is 0. The Morgan fingerprint density at radius 3 is 2.50 bits per heavy atom. The van der Waals surface area contributed by atoms with E-state index in [4.69, 9.17) is 5.11 Å². The summed E-state index contributed by atoms with van der Waals surface area (Å²) in [6.07, 6.45) is 4.15. The Kier molecular flexibility index (Phi) is 4.08. The molecule has 0 atom stereocenters. The number of aromatic amines is 1. The lowest BCUT2D eigenvalue weighted by molar-refractivity contribution is 0.0697. The van der Waals surface area contributed by atoms with Gasteiger partial charge in [0.15, 0.2) is 0 Å². The van der Waals surface area contributed by atoms with Crippen LogP contribution in [0.5, 0.6) is 0 Å². The monoisotopic (exact) mass is 238 g/mol. The van der Waals surface area contributed by atoms with Gasteiger partial charge in [0.25, 0.3) is 0 Å². The van der Waals surface area contributed by atoms with Crippen molar-refractivity contribution >= 4 is 18.4 Å². The molecule has 1 aromatic heterocycles. The van der Waals surface area contributed by atoms with Gasteiger partial charge in [-0.15, -0.1) is 12.4 Å². The first-order valence-electron chi connectivity index (χ1n) is 4.56. The average Bonchev–Trinajstić information content (AvgIpc) is 2.71. The van der Waals surface area contributed by atoms with Crippen molar-refractivity contribution in [1.29, 1.82) is 0 Å². The zero-order chi connectivity index (χ0) is 10.7. The van der Waals surface area contributed by atoms with E-state index in [1.54, 1.807) is 36.7 Å². The van der Waals surface area contributed by atoms with E-state index in [1.165, 1.54) is 0 Å². The van der Waals surface area contributed by atoms with Crippen LogP contribution in [0.3, 0.4) is 0 Å². The third-order valence-corrected chi connectivity index (χ3v) is 2.13. The Labute approximate surface area is 98.8 Å². The number of benzene rings is 1. The molecule has 0 radical (unpaired) electrons. The second-order valence-electron chi connectivity index (χ2n) is 3.21. The average molecular weight is 239 g/mol. The van der Waals surface area contributed by atoms with Crippen molar-refractivity contribution in [2.45, 2.75) is 6.42 Å². The van der Waals surface area contributed by atoms with Crippen LogP contribution < -0.4 is 0 Å². The maximum absolute atomic E-state index is 10.6. The molecule has 0 amide bonds. The van der Waals surface area contributed by atoms with Crippen molar-refractivity contribution in [1.82, 2.24) is 9.97 Å². The van der Waals surface area contributed by atoms with Gasteiger partial charge in [-0.1, -0.05) is 12.1 Å². The molecular weight excluding hydrogens is 228 g/mol. The van der Waals surface area contributed by atoms with Gasteiger partial charge in [-0.05, 0) is 17.7 Å². The van der Waals surface area contributed by atoms with Crippen molar-refractivity contribution in [3.63, 3.8) is 0 Å². The Morgan fingerprint density at radius 1 is 1.31 bits per heavy atom. The molecule has 1 aromatic carbocycles. The molecule has 0 saturated heterocycles. The zero-order valence-corrected chi connectivity index (χ0v) is 9.20. The second-order valence-corrected chi connectivity index (χ2v) is 3.21. The summed E-state index contributed by atoms with van der Waals surface area (Å²) in [4.78, 5) is 17.7. The van der Waals surface area contributed by atoms with E-state index in [9.17, 15) is 4.79 Å². The fourth-order valence-corrected chi connectivity index (χ4v) is 1.35. The van der Waals surface area contributed by atoms with E-state index in [0.29, 0.717) is 12.0 Å². The number of imidazole rings is 1. The summed E-state index contributed by atoms with van der Waals surface area (Å²) < 4.78 is 0. The van der Waals surface area contributed by atoms with Gasteiger partial charge in [0.05, 0.1) is 5.56 Å². The molecule has 0 saturated carbocycles. The van der Waals surface area contributed by atoms with Gasteiger partial charge < -0.3 is 10.1 Å². The van der Waals surface area contributed by atoms with Gasteiger partial charge in [-0.25, -0.2) is 9.78 Å². The number of carboxylic acids is 1. The zero-order valence-electron chi connectivity index (χ0n) is 8.38. The molecule has 84 valence electrons. The van der Waals surface area contributed by atoms with Crippen LogP contribution in [-0.2, 0) is 6.42 Å². The van der Waals surface area contributed by atoms with E-state index in [1.807, 2.05) is 0 Å².